The monoisotopic (exact) mass is 177 g/mol. The molecule has 2 N–H and O–H groups in total. The van der Waals surface area contributed by atoms with Crippen molar-refractivity contribution in [1.29, 1.82) is 0 Å². The first-order valence-electron chi connectivity index (χ1n) is 4.10. The van der Waals surface area contributed by atoms with Crippen molar-refractivity contribution in [3.8, 4) is 5.75 Å². The normalized spacial score (nSPS) is 10.9. The Balaban J connectivity index is 2.76. The number of aromatic hydroxyl groups is 1. The molecule has 2 rings (SSSR count). The first kappa shape index (κ1) is 8.13. The van der Waals surface area contributed by atoms with Gasteiger partial charge in [0, 0.05) is 23.6 Å². The highest BCUT2D eigenvalue weighted by molar-refractivity contribution is 5.82. The van der Waals surface area contributed by atoms with Crippen LogP contribution >= 0.6 is 0 Å². The van der Waals surface area contributed by atoms with Crippen LogP contribution in [0.15, 0.2) is 24.3 Å². The van der Waals surface area contributed by atoms with Gasteiger partial charge in [-0.2, -0.15) is 0 Å². The summed E-state index contributed by atoms with van der Waals surface area (Å²) in [7, 11) is 1.89. The fourth-order valence-electron chi connectivity index (χ4n) is 1.55. The zero-order valence-electron chi connectivity index (χ0n) is 7.36. The number of aromatic nitrogens is 1. The Bertz CT molecular complexity index is 445. The second kappa shape index (κ2) is 2.78. The maximum Gasteiger partial charge on any atom is 0.116 e. The molecule has 0 saturated heterocycles. The van der Waals surface area contributed by atoms with Crippen molar-refractivity contribution in [2.24, 2.45) is 7.05 Å². The fourth-order valence-corrected chi connectivity index (χ4v) is 1.55. The highest BCUT2D eigenvalue weighted by atomic mass is 16.3. The van der Waals surface area contributed by atoms with Gasteiger partial charge in [-0.25, -0.2) is 0 Å². The second-order valence-corrected chi connectivity index (χ2v) is 3.10. The van der Waals surface area contributed by atoms with Crippen LogP contribution in [0.4, 0.5) is 0 Å². The van der Waals surface area contributed by atoms with Crippen LogP contribution in [0.25, 0.3) is 10.9 Å². The van der Waals surface area contributed by atoms with Crippen LogP contribution in [0.2, 0.25) is 0 Å². The van der Waals surface area contributed by atoms with Crippen molar-refractivity contribution >= 4 is 10.9 Å². The third kappa shape index (κ3) is 1.17. The lowest BCUT2D eigenvalue weighted by atomic mass is 10.2. The summed E-state index contributed by atoms with van der Waals surface area (Å²) in [5.74, 6) is 0.252. The Hall–Kier alpha value is -1.48. The number of fused-ring (bicyclic) bond motifs is 1. The molecular formula is C10H11NO2. The molecule has 3 nitrogen and oxygen atoms in total. The Labute approximate surface area is 75.9 Å². The predicted octanol–water partition coefficient (Wildman–Crippen LogP) is 1.38. The molecule has 0 spiro atoms. The molecule has 0 fully saturated rings. The van der Waals surface area contributed by atoms with Gasteiger partial charge in [0.25, 0.3) is 0 Å². The first-order chi connectivity index (χ1) is 6.22. The molecule has 0 aliphatic heterocycles. The predicted molar refractivity (Wildman–Crippen MR) is 50.5 cm³/mol. The Morgan fingerprint density at radius 1 is 1.31 bits per heavy atom. The van der Waals surface area contributed by atoms with E-state index < -0.39 is 0 Å². The molecule has 0 bridgehead atoms. The van der Waals surface area contributed by atoms with E-state index >= 15 is 0 Å². The zero-order valence-corrected chi connectivity index (χ0v) is 7.36. The number of aryl methyl sites for hydroxylation is 1. The minimum absolute atomic E-state index is 0.0198. The van der Waals surface area contributed by atoms with Crippen LogP contribution in [0, 0.1) is 0 Å². The number of phenolic OH excluding ortho intramolecular Hbond substituents is 1. The summed E-state index contributed by atoms with van der Waals surface area (Å²) in [5.41, 5.74) is 1.86. The van der Waals surface area contributed by atoms with E-state index in [2.05, 4.69) is 0 Å². The van der Waals surface area contributed by atoms with E-state index in [1.54, 1.807) is 12.1 Å². The van der Waals surface area contributed by atoms with Crippen molar-refractivity contribution in [3.05, 3.63) is 30.0 Å². The van der Waals surface area contributed by atoms with E-state index in [1.165, 1.54) is 0 Å². The van der Waals surface area contributed by atoms with Gasteiger partial charge in [0.15, 0.2) is 0 Å². The van der Waals surface area contributed by atoms with Crippen molar-refractivity contribution in [2.45, 2.75) is 6.61 Å². The molecular weight excluding hydrogens is 166 g/mol. The van der Waals surface area contributed by atoms with E-state index in [4.69, 9.17) is 5.11 Å². The van der Waals surface area contributed by atoms with Gasteiger partial charge in [0.1, 0.15) is 5.75 Å². The van der Waals surface area contributed by atoms with Gasteiger partial charge in [-0.1, -0.05) is 0 Å². The summed E-state index contributed by atoms with van der Waals surface area (Å²) in [4.78, 5) is 0. The minimum atomic E-state index is 0.0198. The van der Waals surface area contributed by atoms with Crippen LogP contribution in [0.5, 0.6) is 5.75 Å². The standard InChI is InChI=1S/C10H11NO2/c1-11-8(6-12)4-7-5-9(13)2-3-10(7)11/h2-5,12-13H,6H2,1H3. The van der Waals surface area contributed by atoms with Crippen molar-refractivity contribution < 1.29 is 10.2 Å². The summed E-state index contributed by atoms with van der Waals surface area (Å²) >= 11 is 0. The molecule has 68 valence electrons. The van der Waals surface area contributed by atoms with Gasteiger partial charge in [0.05, 0.1) is 6.61 Å². The van der Waals surface area contributed by atoms with Crippen LogP contribution < -0.4 is 0 Å². The average Bonchev–Trinajstić information content (AvgIpc) is 2.42. The number of nitrogens with zero attached hydrogens (tertiary/aromatic N) is 1. The molecule has 3 heteroatoms. The lowest BCUT2D eigenvalue weighted by Crippen LogP contribution is -1.94. The van der Waals surface area contributed by atoms with E-state index in [0.29, 0.717) is 0 Å². The molecule has 1 heterocycles. The average molecular weight is 177 g/mol. The highest BCUT2D eigenvalue weighted by Crippen LogP contribution is 2.22. The van der Waals surface area contributed by atoms with Crippen molar-refractivity contribution in [3.63, 3.8) is 0 Å². The van der Waals surface area contributed by atoms with Gasteiger partial charge >= 0.3 is 0 Å². The van der Waals surface area contributed by atoms with E-state index in [0.717, 1.165) is 16.6 Å². The molecule has 13 heavy (non-hydrogen) atoms. The molecule has 0 saturated carbocycles. The Morgan fingerprint density at radius 3 is 2.77 bits per heavy atom. The molecule has 0 unspecified atom stereocenters. The number of rotatable bonds is 1. The van der Waals surface area contributed by atoms with Gasteiger partial charge < -0.3 is 14.8 Å². The van der Waals surface area contributed by atoms with Gasteiger partial charge in [-0.15, -0.1) is 0 Å². The smallest absolute Gasteiger partial charge is 0.116 e. The van der Waals surface area contributed by atoms with Crippen molar-refractivity contribution in [1.82, 2.24) is 4.57 Å². The maximum absolute atomic E-state index is 9.23. The SMILES string of the molecule is Cn1c(CO)cc2cc(O)ccc21. The summed E-state index contributed by atoms with van der Waals surface area (Å²) in [6.07, 6.45) is 0. The second-order valence-electron chi connectivity index (χ2n) is 3.10. The molecule has 0 amide bonds. The molecule has 0 aliphatic rings. The van der Waals surface area contributed by atoms with Crippen LogP contribution in [-0.2, 0) is 13.7 Å². The minimum Gasteiger partial charge on any atom is -0.508 e. The summed E-state index contributed by atoms with van der Waals surface area (Å²) in [6.45, 7) is 0.0198. The highest BCUT2D eigenvalue weighted by Gasteiger charge is 2.04. The number of phenols is 1. The number of hydrogen-bond donors (Lipinski definition) is 2. The topological polar surface area (TPSA) is 45.4 Å². The number of benzene rings is 1. The summed E-state index contributed by atoms with van der Waals surface area (Å²) in [6, 6.07) is 7.04. The van der Waals surface area contributed by atoms with E-state index in [9.17, 15) is 5.11 Å². The molecule has 2 aromatic rings. The van der Waals surface area contributed by atoms with E-state index in [-0.39, 0.29) is 12.4 Å². The van der Waals surface area contributed by atoms with Gasteiger partial charge in [0.2, 0.25) is 0 Å². The summed E-state index contributed by atoms with van der Waals surface area (Å²) in [5, 5.41) is 19.2. The van der Waals surface area contributed by atoms with Gasteiger partial charge in [-0.05, 0) is 24.3 Å². The maximum atomic E-state index is 9.23. The van der Waals surface area contributed by atoms with Gasteiger partial charge in [-0.3, -0.25) is 0 Å². The summed E-state index contributed by atoms with van der Waals surface area (Å²) < 4.78 is 1.91. The molecule has 0 atom stereocenters. The molecule has 1 aromatic heterocycles. The fraction of sp³-hybridized carbons (Fsp3) is 0.200. The Morgan fingerprint density at radius 2 is 2.08 bits per heavy atom. The number of aliphatic hydroxyl groups excluding tert-OH is 1. The molecule has 1 aromatic carbocycles. The number of hydrogen-bond acceptors (Lipinski definition) is 2. The lowest BCUT2D eigenvalue weighted by molar-refractivity contribution is 0.273. The van der Waals surface area contributed by atoms with Crippen LogP contribution in [0.1, 0.15) is 5.69 Å². The van der Waals surface area contributed by atoms with Crippen LogP contribution in [0.3, 0.4) is 0 Å². The first-order valence-corrected chi connectivity index (χ1v) is 4.10. The third-order valence-electron chi connectivity index (χ3n) is 2.29. The number of aliphatic hydroxyl groups is 1. The lowest BCUT2D eigenvalue weighted by Gasteiger charge is -1.99. The Kier molecular flexibility index (Phi) is 1.74. The van der Waals surface area contributed by atoms with Crippen LogP contribution in [-0.4, -0.2) is 14.8 Å². The molecule has 0 radical (unpaired) electrons. The zero-order chi connectivity index (χ0) is 9.42. The largest absolute Gasteiger partial charge is 0.508 e. The molecule has 0 aliphatic carbocycles. The van der Waals surface area contributed by atoms with Crippen molar-refractivity contribution in [2.75, 3.05) is 0 Å². The third-order valence-corrected chi connectivity index (χ3v) is 2.29. The quantitative estimate of drug-likeness (QED) is 0.691. The van der Waals surface area contributed by atoms with E-state index in [1.807, 2.05) is 23.7 Å².